The minimum Gasteiger partial charge on any atom is -0.322 e. The van der Waals surface area contributed by atoms with Crippen LogP contribution >= 0.6 is 0 Å². The van der Waals surface area contributed by atoms with Crippen molar-refractivity contribution in [2.75, 3.05) is 5.32 Å². The normalized spacial score (nSPS) is 11.2. The number of anilines is 1. The molecule has 0 fully saturated rings. The molecule has 0 bridgehead atoms. The summed E-state index contributed by atoms with van der Waals surface area (Å²) in [5, 5.41) is 7.14. The Kier molecular flexibility index (Phi) is 6.53. The Morgan fingerprint density at radius 1 is 0.690 bits per heavy atom. The van der Waals surface area contributed by atoms with Gasteiger partial charge in [-0.25, -0.2) is 5.43 Å². The molecule has 0 atom stereocenters. The predicted octanol–water partition coefficient (Wildman–Crippen LogP) is 4.73. The first kappa shape index (κ1) is 20.0. The minimum atomic E-state index is -0.306. The van der Waals surface area contributed by atoms with Crippen LogP contribution in [0.1, 0.15) is 40.1 Å². The highest BCUT2D eigenvalue weighted by Crippen LogP contribution is 2.12. The van der Waals surface area contributed by atoms with Gasteiger partial charge in [0, 0.05) is 16.8 Å². The van der Waals surface area contributed by atoms with Gasteiger partial charge in [0.2, 0.25) is 0 Å². The molecular weight excluding hydrogens is 362 g/mol. The van der Waals surface area contributed by atoms with E-state index >= 15 is 0 Å². The van der Waals surface area contributed by atoms with E-state index in [1.54, 1.807) is 36.4 Å². The van der Waals surface area contributed by atoms with Crippen molar-refractivity contribution in [2.45, 2.75) is 13.8 Å². The molecule has 0 unspecified atom stereocenters. The topological polar surface area (TPSA) is 70.6 Å². The number of hydrogen-bond acceptors (Lipinski definition) is 3. The molecule has 3 aromatic carbocycles. The summed E-state index contributed by atoms with van der Waals surface area (Å²) in [6.45, 7) is 4.06. The summed E-state index contributed by atoms with van der Waals surface area (Å²) in [7, 11) is 0. The lowest BCUT2D eigenvalue weighted by molar-refractivity contribution is 0.0954. The van der Waals surface area contributed by atoms with Crippen LogP contribution < -0.4 is 10.7 Å². The fourth-order valence-electron chi connectivity index (χ4n) is 2.81. The molecule has 0 radical (unpaired) electrons. The predicted molar refractivity (Wildman–Crippen MR) is 116 cm³/mol. The van der Waals surface area contributed by atoms with Gasteiger partial charge in [0.15, 0.2) is 0 Å². The Balaban J connectivity index is 1.66. The summed E-state index contributed by atoms with van der Waals surface area (Å²) in [4.78, 5) is 24.7. The molecule has 0 aromatic heterocycles. The molecule has 0 spiro atoms. The summed E-state index contributed by atoms with van der Waals surface area (Å²) in [5.41, 5.74) is 6.06. The van der Waals surface area contributed by atoms with Crippen molar-refractivity contribution in [2.24, 2.45) is 11.0 Å². The Bertz CT molecular complexity index is 995. The smallest absolute Gasteiger partial charge is 0.271 e. The number of carbonyl (C=O) groups excluding carboxylic acids is 2. The van der Waals surface area contributed by atoms with E-state index in [1.807, 2.05) is 62.4 Å². The van der Waals surface area contributed by atoms with Crippen molar-refractivity contribution >= 4 is 23.2 Å². The van der Waals surface area contributed by atoms with Crippen LogP contribution in [0.15, 0.2) is 90.0 Å². The Morgan fingerprint density at radius 3 is 1.76 bits per heavy atom. The fourth-order valence-corrected chi connectivity index (χ4v) is 2.81. The quantitative estimate of drug-likeness (QED) is 0.476. The monoisotopic (exact) mass is 385 g/mol. The molecule has 3 rings (SSSR count). The van der Waals surface area contributed by atoms with Gasteiger partial charge in [-0.3, -0.25) is 9.59 Å². The first-order chi connectivity index (χ1) is 14.0. The third kappa shape index (κ3) is 5.39. The zero-order valence-electron chi connectivity index (χ0n) is 16.4. The van der Waals surface area contributed by atoms with Crippen molar-refractivity contribution in [3.05, 3.63) is 102 Å². The van der Waals surface area contributed by atoms with Crippen molar-refractivity contribution in [3.8, 4) is 0 Å². The van der Waals surface area contributed by atoms with Crippen LogP contribution in [0.2, 0.25) is 0 Å². The number of hydrazone groups is 1. The number of rotatable bonds is 6. The maximum atomic E-state index is 12.5. The summed E-state index contributed by atoms with van der Waals surface area (Å²) in [6, 6.07) is 25.4. The van der Waals surface area contributed by atoms with Crippen LogP contribution in [0.4, 0.5) is 5.69 Å². The highest BCUT2D eigenvalue weighted by atomic mass is 16.2. The minimum absolute atomic E-state index is 0.160. The zero-order valence-corrected chi connectivity index (χ0v) is 16.4. The van der Waals surface area contributed by atoms with Crippen LogP contribution in [0.25, 0.3) is 0 Å². The molecule has 2 N–H and O–H groups in total. The molecule has 146 valence electrons. The van der Waals surface area contributed by atoms with Gasteiger partial charge in [0.1, 0.15) is 0 Å². The number of carbonyl (C=O) groups is 2. The lowest BCUT2D eigenvalue weighted by Crippen LogP contribution is -2.22. The molecule has 0 aliphatic heterocycles. The Hall–Kier alpha value is -3.73. The molecular formula is C24H23N3O2. The van der Waals surface area contributed by atoms with E-state index in [0.717, 1.165) is 11.3 Å². The van der Waals surface area contributed by atoms with E-state index in [1.165, 1.54) is 0 Å². The Labute approximate surface area is 170 Å². The third-order valence-electron chi connectivity index (χ3n) is 4.34. The van der Waals surface area contributed by atoms with Gasteiger partial charge in [-0.15, -0.1) is 0 Å². The van der Waals surface area contributed by atoms with Crippen LogP contribution in [0, 0.1) is 5.92 Å². The van der Waals surface area contributed by atoms with Gasteiger partial charge in [-0.05, 0) is 47.9 Å². The van der Waals surface area contributed by atoms with Crippen LogP contribution in [-0.4, -0.2) is 17.5 Å². The van der Waals surface area contributed by atoms with Crippen LogP contribution in [0.3, 0.4) is 0 Å². The Morgan fingerprint density at radius 2 is 1.21 bits per heavy atom. The zero-order chi connectivity index (χ0) is 20.6. The van der Waals surface area contributed by atoms with Gasteiger partial charge < -0.3 is 5.32 Å². The van der Waals surface area contributed by atoms with E-state index in [4.69, 9.17) is 0 Å². The second-order valence-electron chi connectivity index (χ2n) is 6.86. The van der Waals surface area contributed by atoms with Gasteiger partial charge in [0.05, 0.1) is 5.71 Å². The van der Waals surface area contributed by atoms with E-state index in [0.29, 0.717) is 16.8 Å². The third-order valence-corrected chi connectivity index (χ3v) is 4.34. The summed E-state index contributed by atoms with van der Waals surface area (Å²) < 4.78 is 0. The molecule has 0 saturated heterocycles. The lowest BCUT2D eigenvalue weighted by Gasteiger charge is -2.11. The SMILES string of the molecule is CC(C)/C(=N\NC(=O)c1ccc(NC(=O)c2ccccc2)cc1)c1ccccc1. The van der Waals surface area contributed by atoms with Gasteiger partial charge in [-0.2, -0.15) is 5.10 Å². The van der Waals surface area contributed by atoms with Crippen LogP contribution in [-0.2, 0) is 0 Å². The lowest BCUT2D eigenvalue weighted by atomic mass is 10.0. The van der Waals surface area contributed by atoms with Gasteiger partial charge in [-0.1, -0.05) is 62.4 Å². The van der Waals surface area contributed by atoms with Gasteiger partial charge in [0.25, 0.3) is 11.8 Å². The highest BCUT2D eigenvalue weighted by molar-refractivity contribution is 6.05. The number of amides is 2. The highest BCUT2D eigenvalue weighted by Gasteiger charge is 2.11. The number of hydrogen-bond donors (Lipinski definition) is 2. The number of nitrogens with one attached hydrogen (secondary N) is 2. The van der Waals surface area contributed by atoms with E-state index < -0.39 is 0 Å². The van der Waals surface area contributed by atoms with Crippen LogP contribution in [0.5, 0.6) is 0 Å². The maximum Gasteiger partial charge on any atom is 0.271 e. The molecule has 0 aliphatic rings. The maximum absolute atomic E-state index is 12.5. The summed E-state index contributed by atoms with van der Waals surface area (Å²) in [5.74, 6) is -0.342. The fraction of sp³-hybridized carbons (Fsp3) is 0.125. The van der Waals surface area contributed by atoms with Crippen molar-refractivity contribution in [1.82, 2.24) is 5.43 Å². The molecule has 0 heterocycles. The molecule has 0 saturated carbocycles. The second-order valence-corrected chi connectivity index (χ2v) is 6.86. The average molecular weight is 385 g/mol. The molecule has 2 amide bonds. The summed E-state index contributed by atoms with van der Waals surface area (Å²) >= 11 is 0. The van der Waals surface area contributed by atoms with E-state index in [2.05, 4.69) is 15.8 Å². The molecule has 5 heteroatoms. The van der Waals surface area contributed by atoms with E-state index in [9.17, 15) is 9.59 Å². The first-order valence-corrected chi connectivity index (χ1v) is 9.44. The average Bonchev–Trinajstić information content (AvgIpc) is 2.75. The van der Waals surface area contributed by atoms with Crippen molar-refractivity contribution in [3.63, 3.8) is 0 Å². The largest absolute Gasteiger partial charge is 0.322 e. The molecule has 3 aromatic rings. The standard InChI is InChI=1S/C24H23N3O2/c1-17(2)22(18-9-5-3-6-10-18)26-27-24(29)20-13-15-21(16-14-20)25-23(28)19-11-7-4-8-12-19/h3-17H,1-2H3,(H,25,28)(H,27,29)/b26-22+. The number of nitrogens with zero attached hydrogens (tertiary/aromatic N) is 1. The van der Waals surface area contributed by atoms with Crippen molar-refractivity contribution in [1.29, 1.82) is 0 Å². The molecule has 29 heavy (non-hydrogen) atoms. The van der Waals surface area contributed by atoms with Gasteiger partial charge >= 0.3 is 0 Å². The first-order valence-electron chi connectivity index (χ1n) is 9.44. The molecule has 5 nitrogen and oxygen atoms in total. The van der Waals surface area contributed by atoms with E-state index in [-0.39, 0.29) is 17.7 Å². The summed E-state index contributed by atoms with van der Waals surface area (Å²) in [6.07, 6.45) is 0. The second kappa shape index (κ2) is 9.46. The number of benzene rings is 3. The van der Waals surface area contributed by atoms with Crippen molar-refractivity contribution < 1.29 is 9.59 Å². The molecule has 0 aliphatic carbocycles.